The van der Waals surface area contributed by atoms with Crippen LogP contribution in [-0.4, -0.2) is 31.1 Å². The number of nitrogens with one attached hydrogen (secondary N) is 1. The first kappa shape index (κ1) is 20.8. The lowest BCUT2D eigenvalue weighted by Crippen LogP contribution is -2.01. The predicted molar refractivity (Wildman–Crippen MR) is 101 cm³/mol. The smallest absolute Gasteiger partial charge is 0.130 e. The molecule has 1 aromatic heterocycles. The summed E-state index contributed by atoms with van der Waals surface area (Å²) in [6, 6.07) is 1.72. The van der Waals surface area contributed by atoms with Crippen molar-refractivity contribution in [3.63, 3.8) is 0 Å². The van der Waals surface area contributed by atoms with Crippen molar-refractivity contribution in [3.05, 3.63) is 27.9 Å². The van der Waals surface area contributed by atoms with Crippen LogP contribution in [0.25, 0.3) is 10.9 Å². The molecule has 0 spiro atoms. The molecule has 3 rings (SSSR count). The molecule has 6 heteroatoms. The topological polar surface area (TPSA) is 51.3 Å². The van der Waals surface area contributed by atoms with Gasteiger partial charge in [0.2, 0.25) is 0 Å². The van der Waals surface area contributed by atoms with Crippen LogP contribution >= 0.6 is 23.2 Å². The van der Waals surface area contributed by atoms with Crippen molar-refractivity contribution in [2.45, 2.75) is 40.2 Å². The average Bonchev–Trinajstić information content (AvgIpc) is 3.25. The number of carbonyl (C=O) groups is 1. The Labute approximate surface area is 153 Å². The normalized spacial score (nSPS) is 18.1. The van der Waals surface area contributed by atoms with E-state index in [1.54, 1.807) is 13.2 Å². The van der Waals surface area contributed by atoms with Crippen LogP contribution in [0.15, 0.2) is 12.3 Å². The van der Waals surface area contributed by atoms with E-state index in [-0.39, 0.29) is 12.0 Å². The van der Waals surface area contributed by atoms with Crippen LogP contribution < -0.4 is 4.74 Å². The summed E-state index contributed by atoms with van der Waals surface area (Å²) in [5.41, 5.74) is 1.82. The SMILES string of the molecule is CC.CCOC.Cc1c[nH]c2c(Cl)c(Cl)cc(OC3CC3C=O)c12. The Morgan fingerprint density at radius 2 is 2.00 bits per heavy atom. The molecule has 2 atom stereocenters. The second-order valence-corrected chi connectivity index (χ2v) is 5.95. The molecule has 1 aromatic carbocycles. The molecule has 1 aliphatic rings. The number of hydrogen-bond acceptors (Lipinski definition) is 3. The van der Waals surface area contributed by atoms with Crippen molar-refractivity contribution in [3.8, 4) is 5.75 Å². The first-order chi connectivity index (χ1) is 11.5. The molecule has 2 unspecified atom stereocenters. The van der Waals surface area contributed by atoms with Crippen LogP contribution in [0.1, 0.15) is 32.8 Å². The Balaban J connectivity index is 0.000000423. The summed E-state index contributed by atoms with van der Waals surface area (Å²) >= 11 is 12.2. The maximum absolute atomic E-state index is 10.6. The Morgan fingerprint density at radius 3 is 2.50 bits per heavy atom. The van der Waals surface area contributed by atoms with Gasteiger partial charge < -0.3 is 19.3 Å². The highest BCUT2D eigenvalue weighted by Gasteiger charge is 2.39. The van der Waals surface area contributed by atoms with Gasteiger partial charge in [0.15, 0.2) is 0 Å². The van der Waals surface area contributed by atoms with E-state index in [0.29, 0.717) is 15.8 Å². The number of aromatic amines is 1. The third kappa shape index (κ3) is 4.88. The zero-order valence-electron chi connectivity index (χ0n) is 14.8. The van der Waals surface area contributed by atoms with Crippen molar-refractivity contribution in [1.29, 1.82) is 0 Å². The van der Waals surface area contributed by atoms with Gasteiger partial charge in [0.25, 0.3) is 0 Å². The van der Waals surface area contributed by atoms with Gasteiger partial charge in [-0.3, -0.25) is 0 Å². The van der Waals surface area contributed by atoms with Gasteiger partial charge in [0, 0.05) is 31.4 Å². The number of aromatic nitrogens is 1. The highest BCUT2D eigenvalue weighted by atomic mass is 35.5. The molecular weight excluding hydrogens is 349 g/mol. The Kier molecular flexibility index (Phi) is 8.60. The fourth-order valence-electron chi connectivity index (χ4n) is 2.11. The minimum atomic E-state index is -0.0303. The second kappa shape index (κ2) is 9.92. The first-order valence-electron chi connectivity index (χ1n) is 8.10. The number of fused-ring (bicyclic) bond motifs is 1. The van der Waals surface area contributed by atoms with E-state index >= 15 is 0 Å². The Morgan fingerprint density at radius 1 is 1.38 bits per heavy atom. The van der Waals surface area contributed by atoms with Crippen LogP contribution in [0.4, 0.5) is 0 Å². The molecular formula is C18H25Cl2NO3. The zero-order chi connectivity index (χ0) is 18.3. The molecule has 1 aliphatic carbocycles. The molecule has 1 saturated carbocycles. The summed E-state index contributed by atoms with van der Waals surface area (Å²) in [5, 5.41) is 1.88. The van der Waals surface area contributed by atoms with E-state index in [2.05, 4.69) is 9.72 Å². The largest absolute Gasteiger partial charge is 0.489 e. The summed E-state index contributed by atoms with van der Waals surface area (Å²) in [7, 11) is 1.68. The van der Waals surface area contributed by atoms with Gasteiger partial charge in [-0.05, 0) is 25.8 Å². The molecule has 1 heterocycles. The van der Waals surface area contributed by atoms with E-state index in [9.17, 15) is 4.79 Å². The number of H-pyrrole nitrogens is 1. The highest BCUT2D eigenvalue weighted by molar-refractivity contribution is 6.45. The molecule has 0 aliphatic heterocycles. The second-order valence-electron chi connectivity index (χ2n) is 5.16. The lowest BCUT2D eigenvalue weighted by molar-refractivity contribution is -0.109. The summed E-state index contributed by atoms with van der Waals surface area (Å²) in [6.45, 7) is 8.75. The van der Waals surface area contributed by atoms with Crippen LogP contribution in [0.2, 0.25) is 10.0 Å². The van der Waals surface area contributed by atoms with Crippen molar-refractivity contribution in [2.24, 2.45) is 5.92 Å². The van der Waals surface area contributed by atoms with Gasteiger partial charge in [-0.2, -0.15) is 0 Å². The molecule has 1 N–H and O–H groups in total. The number of methoxy groups -OCH3 is 1. The number of rotatable bonds is 4. The van der Waals surface area contributed by atoms with Gasteiger partial charge in [0.1, 0.15) is 18.1 Å². The molecule has 0 radical (unpaired) electrons. The summed E-state index contributed by atoms with van der Waals surface area (Å²) in [6.07, 6.45) is 3.54. The standard InChI is InChI=1S/C13H11Cl2NO2.C3H8O.C2H6/c1-6-4-16-13-11(6)10(3-8(14)12(13)15)18-9-2-7(9)5-17;1-3-4-2;1-2/h3-5,7,9,16H,2H2,1H3;3H2,1-2H3;1-2H3. The van der Waals surface area contributed by atoms with Crippen LogP contribution in [-0.2, 0) is 9.53 Å². The maximum atomic E-state index is 10.6. The van der Waals surface area contributed by atoms with E-state index in [1.165, 1.54) is 0 Å². The van der Waals surface area contributed by atoms with Crippen molar-refractivity contribution < 1.29 is 14.3 Å². The summed E-state index contributed by atoms with van der Waals surface area (Å²) in [4.78, 5) is 13.7. The number of halogens is 2. The molecule has 134 valence electrons. The van der Waals surface area contributed by atoms with Crippen molar-refractivity contribution in [2.75, 3.05) is 13.7 Å². The predicted octanol–water partition coefficient (Wildman–Crippen LogP) is 5.43. The minimum absolute atomic E-state index is 0.00810. The van der Waals surface area contributed by atoms with Crippen LogP contribution in [0.3, 0.4) is 0 Å². The quantitative estimate of drug-likeness (QED) is 0.726. The summed E-state index contributed by atoms with van der Waals surface area (Å²) < 4.78 is 10.4. The molecule has 24 heavy (non-hydrogen) atoms. The molecule has 0 saturated heterocycles. The number of benzene rings is 1. The highest BCUT2D eigenvalue weighted by Crippen LogP contribution is 2.42. The third-order valence-corrected chi connectivity index (χ3v) is 4.32. The summed E-state index contributed by atoms with van der Waals surface area (Å²) in [5.74, 6) is 0.696. The number of aryl methyl sites for hydroxylation is 1. The van der Waals surface area contributed by atoms with Crippen LogP contribution in [0, 0.1) is 12.8 Å². The van der Waals surface area contributed by atoms with E-state index < -0.39 is 0 Å². The molecule has 2 aromatic rings. The fourth-order valence-corrected chi connectivity index (χ4v) is 2.50. The van der Waals surface area contributed by atoms with E-state index in [1.807, 2.05) is 33.9 Å². The minimum Gasteiger partial charge on any atom is -0.489 e. The van der Waals surface area contributed by atoms with Crippen molar-refractivity contribution >= 4 is 40.4 Å². The average molecular weight is 374 g/mol. The Bertz CT molecular complexity index is 668. The number of ether oxygens (including phenoxy) is 2. The van der Waals surface area contributed by atoms with Crippen molar-refractivity contribution in [1.82, 2.24) is 4.98 Å². The Hall–Kier alpha value is -1.23. The molecule has 4 nitrogen and oxygen atoms in total. The number of carbonyl (C=O) groups excluding carboxylic acids is 1. The van der Waals surface area contributed by atoms with Gasteiger partial charge in [-0.1, -0.05) is 37.0 Å². The monoisotopic (exact) mass is 373 g/mol. The molecule has 0 bridgehead atoms. The fraction of sp³-hybridized carbons (Fsp3) is 0.500. The van der Waals surface area contributed by atoms with E-state index in [0.717, 1.165) is 35.8 Å². The van der Waals surface area contributed by atoms with Gasteiger partial charge in [-0.25, -0.2) is 0 Å². The lowest BCUT2D eigenvalue weighted by atomic mass is 10.1. The maximum Gasteiger partial charge on any atom is 0.130 e. The van der Waals surface area contributed by atoms with Crippen LogP contribution in [0.5, 0.6) is 5.75 Å². The lowest BCUT2D eigenvalue weighted by Gasteiger charge is -2.09. The van der Waals surface area contributed by atoms with Gasteiger partial charge in [-0.15, -0.1) is 0 Å². The zero-order valence-corrected chi connectivity index (χ0v) is 16.3. The van der Waals surface area contributed by atoms with Gasteiger partial charge >= 0.3 is 0 Å². The molecule has 0 amide bonds. The van der Waals surface area contributed by atoms with E-state index in [4.69, 9.17) is 27.9 Å². The van der Waals surface area contributed by atoms with Gasteiger partial charge in [0.05, 0.1) is 21.5 Å². The number of aldehydes is 1. The molecule has 1 fully saturated rings. The number of hydrogen-bond donors (Lipinski definition) is 1. The third-order valence-electron chi connectivity index (χ3n) is 3.53. The first-order valence-corrected chi connectivity index (χ1v) is 8.85.